The lowest BCUT2D eigenvalue weighted by molar-refractivity contribution is -0.384. The van der Waals surface area contributed by atoms with Crippen LogP contribution in [0, 0.1) is 17.0 Å². The molecule has 1 aliphatic heterocycles. The third-order valence-corrected chi connectivity index (χ3v) is 4.81. The summed E-state index contributed by atoms with van der Waals surface area (Å²) in [7, 11) is 0. The van der Waals surface area contributed by atoms with Crippen LogP contribution in [0.25, 0.3) is 0 Å². The Morgan fingerprint density at radius 1 is 1.06 bits per heavy atom. The minimum Gasteiger partial charge on any atom is -0.378 e. The highest BCUT2D eigenvalue weighted by atomic mass is 16.6. The number of benzene rings is 2. The molecule has 4 rings (SSSR count). The van der Waals surface area contributed by atoms with Crippen LogP contribution < -0.4 is 15.6 Å². The number of nitrogens with one attached hydrogen (secondary N) is 2. The summed E-state index contributed by atoms with van der Waals surface area (Å²) >= 11 is 0. The van der Waals surface area contributed by atoms with E-state index in [4.69, 9.17) is 4.74 Å². The van der Waals surface area contributed by atoms with Gasteiger partial charge in [-0.1, -0.05) is 24.3 Å². The summed E-state index contributed by atoms with van der Waals surface area (Å²) in [5.74, 6) is 1.06. The first-order valence-corrected chi connectivity index (χ1v) is 10.0. The number of nitro benzene ring substituents is 1. The molecule has 0 aliphatic carbocycles. The topological polar surface area (TPSA) is 131 Å². The van der Waals surface area contributed by atoms with E-state index in [1.807, 2.05) is 36.1 Å². The van der Waals surface area contributed by atoms with Crippen molar-refractivity contribution in [2.75, 3.05) is 41.9 Å². The SMILES string of the molecule is Cc1ccccc1/C=N/Nc1nc(Nc2ccc([N+](=O)[O-])cc2)nc(N2CCOCC2)n1. The molecular weight excluding hydrogens is 412 g/mol. The summed E-state index contributed by atoms with van der Waals surface area (Å²) < 4.78 is 5.41. The molecule has 0 spiro atoms. The fourth-order valence-electron chi connectivity index (χ4n) is 3.06. The zero-order chi connectivity index (χ0) is 22.3. The molecule has 0 bridgehead atoms. The van der Waals surface area contributed by atoms with E-state index in [0.29, 0.717) is 43.9 Å². The molecule has 1 saturated heterocycles. The highest BCUT2D eigenvalue weighted by Crippen LogP contribution is 2.21. The number of aryl methyl sites for hydroxylation is 1. The number of nitrogens with zero attached hydrogens (tertiary/aromatic N) is 6. The molecule has 1 aromatic heterocycles. The summed E-state index contributed by atoms with van der Waals surface area (Å²) in [6.07, 6.45) is 1.71. The molecule has 164 valence electrons. The van der Waals surface area contributed by atoms with Crippen LogP contribution in [-0.2, 0) is 4.74 Å². The highest BCUT2D eigenvalue weighted by Gasteiger charge is 2.17. The van der Waals surface area contributed by atoms with E-state index < -0.39 is 4.92 Å². The van der Waals surface area contributed by atoms with Crippen LogP contribution >= 0.6 is 0 Å². The molecule has 0 saturated carbocycles. The molecule has 1 aliphatic rings. The van der Waals surface area contributed by atoms with Gasteiger partial charge in [-0.15, -0.1) is 0 Å². The van der Waals surface area contributed by atoms with Gasteiger partial charge < -0.3 is 15.0 Å². The first-order chi connectivity index (χ1) is 15.6. The molecule has 32 heavy (non-hydrogen) atoms. The molecule has 1 fully saturated rings. The fourth-order valence-corrected chi connectivity index (χ4v) is 3.06. The monoisotopic (exact) mass is 434 g/mol. The van der Waals surface area contributed by atoms with Gasteiger partial charge in [0.15, 0.2) is 0 Å². The van der Waals surface area contributed by atoms with Crippen LogP contribution in [0.1, 0.15) is 11.1 Å². The predicted octanol–water partition coefficient (Wildman–Crippen LogP) is 3.11. The van der Waals surface area contributed by atoms with Crippen LogP contribution in [0.2, 0.25) is 0 Å². The third kappa shape index (κ3) is 5.32. The van der Waals surface area contributed by atoms with Crippen molar-refractivity contribution in [3.05, 3.63) is 69.8 Å². The van der Waals surface area contributed by atoms with Crippen molar-refractivity contribution in [3.63, 3.8) is 0 Å². The number of hydrogen-bond donors (Lipinski definition) is 2. The Balaban J connectivity index is 1.57. The second-order valence-corrected chi connectivity index (χ2v) is 7.04. The quantitative estimate of drug-likeness (QED) is 0.327. The van der Waals surface area contributed by atoms with Gasteiger partial charge in [0.1, 0.15) is 0 Å². The Morgan fingerprint density at radius 3 is 2.50 bits per heavy atom. The minimum absolute atomic E-state index is 0.00750. The first-order valence-electron chi connectivity index (χ1n) is 10.0. The average Bonchev–Trinajstić information content (AvgIpc) is 2.81. The van der Waals surface area contributed by atoms with E-state index in [1.54, 1.807) is 18.3 Å². The lowest BCUT2D eigenvalue weighted by Crippen LogP contribution is -2.37. The normalized spacial score (nSPS) is 13.8. The van der Waals surface area contributed by atoms with Crippen molar-refractivity contribution in [2.45, 2.75) is 6.92 Å². The molecule has 0 amide bonds. The zero-order valence-electron chi connectivity index (χ0n) is 17.4. The average molecular weight is 434 g/mol. The van der Waals surface area contributed by atoms with Gasteiger partial charge in [-0.05, 0) is 30.2 Å². The van der Waals surface area contributed by atoms with Gasteiger partial charge in [0.2, 0.25) is 17.8 Å². The number of ether oxygens (including phenoxy) is 1. The molecule has 2 aromatic carbocycles. The molecule has 11 heteroatoms. The number of hydrogen-bond acceptors (Lipinski definition) is 10. The van der Waals surface area contributed by atoms with Gasteiger partial charge >= 0.3 is 0 Å². The van der Waals surface area contributed by atoms with Gasteiger partial charge in [-0.3, -0.25) is 10.1 Å². The number of nitro groups is 1. The number of morpholine rings is 1. The van der Waals surface area contributed by atoms with Crippen LogP contribution in [0.15, 0.2) is 53.6 Å². The Labute approximate surface area is 184 Å². The van der Waals surface area contributed by atoms with Gasteiger partial charge in [-0.2, -0.15) is 20.1 Å². The molecular formula is C21H22N8O3. The number of non-ortho nitro benzene ring substituents is 1. The van der Waals surface area contributed by atoms with Crippen LogP contribution in [0.3, 0.4) is 0 Å². The number of hydrazone groups is 1. The van der Waals surface area contributed by atoms with Crippen LogP contribution in [0.4, 0.5) is 29.2 Å². The summed E-state index contributed by atoms with van der Waals surface area (Å²) in [5, 5.41) is 18.2. The molecule has 2 N–H and O–H groups in total. The summed E-state index contributed by atoms with van der Waals surface area (Å²) in [5.41, 5.74) is 5.57. The predicted molar refractivity (Wildman–Crippen MR) is 122 cm³/mol. The van der Waals surface area contributed by atoms with Crippen molar-refractivity contribution in [2.24, 2.45) is 5.10 Å². The van der Waals surface area contributed by atoms with E-state index >= 15 is 0 Å². The van der Waals surface area contributed by atoms with Crippen LogP contribution in [-0.4, -0.2) is 52.4 Å². The van der Waals surface area contributed by atoms with E-state index in [0.717, 1.165) is 11.1 Å². The van der Waals surface area contributed by atoms with Gasteiger partial charge in [-0.25, -0.2) is 5.43 Å². The Hall–Kier alpha value is -4.12. The van der Waals surface area contributed by atoms with Crippen LogP contribution in [0.5, 0.6) is 0 Å². The molecule has 11 nitrogen and oxygen atoms in total. The number of rotatable bonds is 7. The lowest BCUT2D eigenvalue weighted by Gasteiger charge is -2.27. The van der Waals surface area contributed by atoms with Gasteiger partial charge in [0.05, 0.1) is 24.4 Å². The van der Waals surface area contributed by atoms with E-state index in [-0.39, 0.29) is 11.6 Å². The van der Waals surface area contributed by atoms with Crippen molar-refractivity contribution in [1.29, 1.82) is 0 Å². The maximum Gasteiger partial charge on any atom is 0.269 e. The van der Waals surface area contributed by atoms with Crippen molar-refractivity contribution in [1.82, 2.24) is 15.0 Å². The Morgan fingerprint density at radius 2 is 1.78 bits per heavy atom. The fraction of sp³-hybridized carbons (Fsp3) is 0.238. The molecule has 0 radical (unpaired) electrons. The molecule has 0 unspecified atom stereocenters. The van der Waals surface area contributed by atoms with Crippen molar-refractivity contribution >= 4 is 35.4 Å². The van der Waals surface area contributed by atoms with Gasteiger partial charge in [0.25, 0.3) is 5.69 Å². The maximum atomic E-state index is 10.9. The Kier molecular flexibility index (Phi) is 6.46. The minimum atomic E-state index is -0.447. The second-order valence-electron chi connectivity index (χ2n) is 7.04. The largest absolute Gasteiger partial charge is 0.378 e. The van der Waals surface area contributed by atoms with Crippen molar-refractivity contribution < 1.29 is 9.66 Å². The van der Waals surface area contributed by atoms with E-state index in [9.17, 15) is 10.1 Å². The molecule has 0 atom stereocenters. The maximum absolute atomic E-state index is 10.9. The first kappa shape index (κ1) is 21.1. The van der Waals surface area contributed by atoms with Gasteiger partial charge in [0, 0.05) is 30.9 Å². The number of aromatic nitrogens is 3. The highest BCUT2D eigenvalue weighted by molar-refractivity contribution is 5.82. The molecule has 2 heterocycles. The zero-order valence-corrected chi connectivity index (χ0v) is 17.4. The number of anilines is 4. The summed E-state index contributed by atoms with van der Waals surface area (Å²) in [4.78, 5) is 25.8. The van der Waals surface area contributed by atoms with E-state index in [1.165, 1.54) is 12.1 Å². The summed E-state index contributed by atoms with van der Waals surface area (Å²) in [6.45, 7) is 4.50. The smallest absolute Gasteiger partial charge is 0.269 e. The third-order valence-electron chi connectivity index (χ3n) is 4.81. The second kappa shape index (κ2) is 9.79. The lowest BCUT2D eigenvalue weighted by atomic mass is 10.1. The summed E-state index contributed by atoms with van der Waals surface area (Å²) in [6, 6.07) is 13.9. The molecule has 3 aromatic rings. The Bertz CT molecular complexity index is 1110. The van der Waals surface area contributed by atoms with E-state index in [2.05, 4.69) is 30.8 Å². The van der Waals surface area contributed by atoms with Crippen molar-refractivity contribution in [3.8, 4) is 0 Å². The standard InChI is InChI=1S/C21H22N8O3/c1-15-4-2-3-5-16(15)14-22-27-20-24-19(23-17-6-8-18(9-7-17)29(30)31)25-21(26-20)28-10-12-32-13-11-28/h2-9,14H,10-13H2,1H3,(H2,23,24,25,26,27)/b22-14+.